The molecule has 2 heterocycles. The predicted molar refractivity (Wildman–Crippen MR) is 83.3 cm³/mol. The Morgan fingerprint density at radius 1 is 1.35 bits per heavy atom. The van der Waals surface area contributed by atoms with Crippen LogP contribution in [0.2, 0.25) is 0 Å². The summed E-state index contributed by atoms with van der Waals surface area (Å²) in [6.07, 6.45) is 2.28. The highest BCUT2D eigenvalue weighted by Gasteiger charge is 2.62. The summed E-state index contributed by atoms with van der Waals surface area (Å²) in [6.45, 7) is 3.06. The lowest BCUT2D eigenvalue weighted by atomic mass is 9.87. The van der Waals surface area contributed by atoms with E-state index >= 15 is 0 Å². The largest absolute Gasteiger partial charge is 0.493 e. The maximum absolute atomic E-state index is 13.0. The molecule has 0 bridgehead atoms. The van der Waals surface area contributed by atoms with Crippen molar-refractivity contribution in [2.75, 3.05) is 13.2 Å². The molecule has 4 rings (SSSR count). The number of amides is 1. The second-order valence-corrected chi connectivity index (χ2v) is 7.01. The van der Waals surface area contributed by atoms with Gasteiger partial charge in [-0.25, -0.2) is 0 Å². The van der Waals surface area contributed by atoms with E-state index in [0.29, 0.717) is 19.6 Å². The fourth-order valence-corrected chi connectivity index (χ4v) is 4.47. The number of aliphatic carboxylic acids is 1. The zero-order chi connectivity index (χ0) is 16.2. The first-order valence-corrected chi connectivity index (χ1v) is 8.30. The summed E-state index contributed by atoms with van der Waals surface area (Å²) >= 11 is 0. The van der Waals surface area contributed by atoms with Gasteiger partial charge in [-0.05, 0) is 32.3 Å². The van der Waals surface area contributed by atoms with E-state index in [1.165, 1.54) is 0 Å². The Bertz CT molecular complexity index is 673. The van der Waals surface area contributed by atoms with Gasteiger partial charge in [-0.1, -0.05) is 18.2 Å². The topological polar surface area (TPSA) is 66.8 Å². The normalized spacial score (nSPS) is 34.8. The Morgan fingerprint density at radius 2 is 2.13 bits per heavy atom. The third kappa shape index (κ3) is 2.06. The van der Waals surface area contributed by atoms with Crippen molar-refractivity contribution < 1.29 is 19.4 Å². The molecular formula is C18H21NO4. The second kappa shape index (κ2) is 4.98. The van der Waals surface area contributed by atoms with Crippen LogP contribution in [0.3, 0.4) is 0 Å². The minimum absolute atomic E-state index is 0.0254. The number of nitrogens with zero attached hydrogens (tertiary/aromatic N) is 1. The molecule has 4 atom stereocenters. The minimum Gasteiger partial charge on any atom is -0.493 e. The molecule has 1 saturated carbocycles. The molecule has 1 saturated heterocycles. The van der Waals surface area contributed by atoms with Crippen LogP contribution in [0.5, 0.6) is 5.75 Å². The molecule has 1 spiro atoms. The Morgan fingerprint density at radius 3 is 2.87 bits per heavy atom. The van der Waals surface area contributed by atoms with Crippen LogP contribution in [0.1, 0.15) is 31.7 Å². The van der Waals surface area contributed by atoms with Gasteiger partial charge < -0.3 is 14.7 Å². The molecule has 2 fully saturated rings. The number of carboxylic acid groups (broad SMARTS) is 1. The van der Waals surface area contributed by atoms with Crippen LogP contribution in [0, 0.1) is 11.8 Å². The summed E-state index contributed by atoms with van der Waals surface area (Å²) < 4.78 is 5.72. The van der Waals surface area contributed by atoms with Crippen LogP contribution >= 0.6 is 0 Å². The van der Waals surface area contributed by atoms with Crippen LogP contribution in [-0.2, 0) is 15.0 Å². The molecule has 2 unspecified atom stereocenters. The van der Waals surface area contributed by atoms with Crippen molar-refractivity contribution in [3.05, 3.63) is 29.8 Å². The lowest BCUT2D eigenvalue weighted by molar-refractivity contribution is -0.143. The van der Waals surface area contributed by atoms with Crippen molar-refractivity contribution in [3.63, 3.8) is 0 Å². The van der Waals surface area contributed by atoms with Crippen LogP contribution in [0.4, 0.5) is 0 Å². The summed E-state index contributed by atoms with van der Waals surface area (Å²) in [5.74, 6) is -0.238. The maximum Gasteiger partial charge on any atom is 0.308 e. The number of carboxylic acids is 1. The van der Waals surface area contributed by atoms with E-state index in [2.05, 4.69) is 6.07 Å². The van der Waals surface area contributed by atoms with Crippen molar-refractivity contribution >= 4 is 11.9 Å². The molecule has 0 aromatic heterocycles. The molecule has 5 nitrogen and oxygen atoms in total. The summed E-state index contributed by atoms with van der Waals surface area (Å²) in [5, 5.41) is 9.26. The van der Waals surface area contributed by atoms with Gasteiger partial charge in [0.25, 0.3) is 0 Å². The smallest absolute Gasteiger partial charge is 0.308 e. The van der Waals surface area contributed by atoms with Crippen molar-refractivity contribution in [2.45, 2.75) is 37.6 Å². The van der Waals surface area contributed by atoms with Crippen LogP contribution in [-0.4, -0.2) is 41.1 Å². The van der Waals surface area contributed by atoms with E-state index < -0.39 is 11.9 Å². The van der Waals surface area contributed by atoms with Crippen molar-refractivity contribution in [1.29, 1.82) is 0 Å². The second-order valence-electron chi connectivity index (χ2n) is 7.01. The number of hydrogen-bond acceptors (Lipinski definition) is 3. The van der Waals surface area contributed by atoms with Gasteiger partial charge in [-0.15, -0.1) is 0 Å². The highest BCUT2D eigenvalue weighted by atomic mass is 16.5. The highest BCUT2D eigenvalue weighted by molar-refractivity contribution is 5.86. The van der Waals surface area contributed by atoms with E-state index in [4.69, 9.17) is 4.74 Å². The summed E-state index contributed by atoms with van der Waals surface area (Å²) in [4.78, 5) is 26.0. The highest BCUT2D eigenvalue weighted by Crippen LogP contribution is 2.61. The van der Waals surface area contributed by atoms with Gasteiger partial charge in [0, 0.05) is 29.5 Å². The van der Waals surface area contributed by atoms with E-state index in [-0.39, 0.29) is 23.3 Å². The number of rotatable bonds is 2. The van der Waals surface area contributed by atoms with E-state index in [0.717, 1.165) is 24.2 Å². The average molecular weight is 315 g/mol. The standard InChI is InChI=1S/C18H21NO4/c1-11-12(17(21)22)6-8-19(11)16(20)14-10-18(14)7-9-23-15-5-3-2-4-13(15)18/h2-5,11-12,14H,6-10H2,1H3,(H,21,22)/t11?,12?,14-,18-/m0/s1. The molecule has 1 aromatic carbocycles. The SMILES string of the molecule is CC1C(C(=O)O)CCN1C(=O)[C@@H]1C[C@]12CCOc1ccccc12. The predicted octanol–water partition coefficient (Wildman–Crippen LogP) is 2.05. The lowest BCUT2D eigenvalue weighted by Gasteiger charge is -2.29. The van der Waals surface area contributed by atoms with E-state index in [1.54, 1.807) is 4.90 Å². The molecule has 2 aliphatic heterocycles. The number of carbonyl (C=O) groups is 2. The van der Waals surface area contributed by atoms with Crippen molar-refractivity contribution in [2.24, 2.45) is 11.8 Å². The molecule has 1 aliphatic carbocycles. The quantitative estimate of drug-likeness (QED) is 0.907. The van der Waals surface area contributed by atoms with Gasteiger partial charge in [0.2, 0.25) is 5.91 Å². The summed E-state index contributed by atoms with van der Waals surface area (Å²) in [6, 6.07) is 7.77. The lowest BCUT2D eigenvalue weighted by Crippen LogP contribution is -2.40. The third-order valence-electron chi connectivity index (χ3n) is 5.96. The molecular weight excluding hydrogens is 294 g/mol. The number of ether oxygens (including phenoxy) is 1. The Balaban J connectivity index is 1.56. The average Bonchev–Trinajstić information content (AvgIpc) is 3.11. The Labute approximate surface area is 135 Å². The first kappa shape index (κ1) is 14.5. The van der Waals surface area contributed by atoms with Gasteiger partial charge in [-0.2, -0.15) is 0 Å². The van der Waals surface area contributed by atoms with Gasteiger partial charge in [-0.3, -0.25) is 9.59 Å². The molecule has 0 radical (unpaired) electrons. The van der Waals surface area contributed by atoms with Gasteiger partial charge in [0.05, 0.1) is 12.5 Å². The fraction of sp³-hybridized carbons (Fsp3) is 0.556. The molecule has 3 aliphatic rings. The van der Waals surface area contributed by atoms with E-state index in [9.17, 15) is 14.7 Å². The van der Waals surface area contributed by atoms with Crippen LogP contribution in [0.25, 0.3) is 0 Å². The molecule has 1 aromatic rings. The van der Waals surface area contributed by atoms with Crippen LogP contribution < -0.4 is 4.74 Å². The number of fused-ring (bicyclic) bond motifs is 2. The number of carbonyl (C=O) groups excluding carboxylic acids is 1. The zero-order valence-corrected chi connectivity index (χ0v) is 13.2. The molecule has 5 heteroatoms. The zero-order valence-electron chi connectivity index (χ0n) is 13.2. The fourth-order valence-electron chi connectivity index (χ4n) is 4.47. The van der Waals surface area contributed by atoms with Gasteiger partial charge in [0.1, 0.15) is 5.75 Å². The Hall–Kier alpha value is -2.04. The van der Waals surface area contributed by atoms with E-state index in [1.807, 2.05) is 25.1 Å². The van der Waals surface area contributed by atoms with Gasteiger partial charge >= 0.3 is 5.97 Å². The molecule has 122 valence electrons. The van der Waals surface area contributed by atoms with Crippen molar-refractivity contribution in [3.8, 4) is 5.75 Å². The number of likely N-dealkylation sites (tertiary alicyclic amines) is 1. The number of para-hydroxylation sites is 1. The molecule has 1 N–H and O–H groups in total. The maximum atomic E-state index is 13.0. The monoisotopic (exact) mass is 315 g/mol. The molecule has 23 heavy (non-hydrogen) atoms. The first-order valence-electron chi connectivity index (χ1n) is 8.30. The van der Waals surface area contributed by atoms with Crippen LogP contribution in [0.15, 0.2) is 24.3 Å². The number of benzene rings is 1. The summed E-state index contributed by atoms with van der Waals surface area (Å²) in [5.41, 5.74) is 1.05. The number of hydrogen-bond donors (Lipinski definition) is 1. The van der Waals surface area contributed by atoms with Crippen molar-refractivity contribution in [1.82, 2.24) is 4.90 Å². The first-order chi connectivity index (χ1) is 11.0. The third-order valence-corrected chi connectivity index (χ3v) is 5.96. The minimum atomic E-state index is -0.797. The molecule has 1 amide bonds. The Kier molecular flexibility index (Phi) is 3.15. The van der Waals surface area contributed by atoms with Gasteiger partial charge in [0.15, 0.2) is 0 Å². The summed E-state index contributed by atoms with van der Waals surface area (Å²) in [7, 11) is 0.